The van der Waals surface area contributed by atoms with Crippen molar-refractivity contribution in [3.63, 3.8) is 0 Å². The Morgan fingerprint density at radius 2 is 1.89 bits per heavy atom. The van der Waals surface area contributed by atoms with Crippen LogP contribution in [0.15, 0.2) is 29.3 Å². The summed E-state index contributed by atoms with van der Waals surface area (Å²) < 4.78 is 0.964. The van der Waals surface area contributed by atoms with Crippen LogP contribution in [0.25, 0.3) is 10.2 Å². The Morgan fingerprint density at radius 1 is 1.22 bits per heavy atom. The predicted molar refractivity (Wildman–Crippen MR) is 101 cm³/mol. The largest absolute Gasteiger partial charge is 0.369 e. The Hall–Kier alpha value is -2.81. The average molecular weight is 385 g/mol. The third-order valence-corrected chi connectivity index (χ3v) is 5.93. The van der Waals surface area contributed by atoms with Gasteiger partial charge >= 0.3 is 0 Å². The van der Waals surface area contributed by atoms with E-state index in [1.807, 2.05) is 24.3 Å². The van der Waals surface area contributed by atoms with Gasteiger partial charge in [-0.1, -0.05) is 36.3 Å². The minimum Gasteiger partial charge on any atom is -0.369 e. The van der Waals surface area contributed by atoms with Gasteiger partial charge < -0.3 is 5.73 Å². The lowest BCUT2D eigenvalue weighted by Gasteiger charge is -2.19. The van der Waals surface area contributed by atoms with Gasteiger partial charge in [-0.25, -0.2) is 4.98 Å². The maximum atomic E-state index is 12.4. The lowest BCUT2D eigenvalue weighted by molar-refractivity contribution is -0.143. The molecule has 2 atom stereocenters. The predicted octanol–water partition coefficient (Wildman–Crippen LogP) is 1.53. The molecular weight excluding hydrogens is 366 g/mol. The zero-order valence-corrected chi connectivity index (χ0v) is 15.4. The number of nitrogens with zero attached hydrogens (tertiary/aromatic N) is 3. The summed E-state index contributed by atoms with van der Waals surface area (Å²) in [6.45, 7) is -0.333. The Kier molecular flexibility index (Phi) is 4.61. The van der Waals surface area contributed by atoms with E-state index in [2.05, 4.69) is 15.3 Å². The minimum absolute atomic E-state index is 0.115. The molecule has 2 fully saturated rings. The van der Waals surface area contributed by atoms with Gasteiger partial charge in [0.05, 0.1) is 22.1 Å². The summed E-state index contributed by atoms with van der Waals surface area (Å²) in [6, 6.07) is 7.57. The number of imide groups is 1. The number of hydrogen-bond acceptors (Lipinski definition) is 6. The third kappa shape index (κ3) is 3.42. The number of aromatic nitrogens is 1. The van der Waals surface area contributed by atoms with Gasteiger partial charge in [0, 0.05) is 0 Å². The van der Waals surface area contributed by atoms with Crippen molar-refractivity contribution in [3.8, 4) is 0 Å². The molecule has 0 spiro atoms. The van der Waals surface area contributed by atoms with E-state index < -0.39 is 5.91 Å². The topological polar surface area (TPSA) is 118 Å². The standard InChI is InChI=1S/C18H19N5O3S/c19-17(22-18-20-12-7-3-4-8-13(12)27-18)21-14(24)9-23-15(25)10-5-1-2-6-11(10)16(23)26/h3-4,7-8,10-11H,1-2,5-6,9H2,(H3,19,20,21,22,24)/t10-,11-/m1/s1. The number of hydrogen-bond donors (Lipinski definition) is 2. The van der Waals surface area contributed by atoms with Gasteiger partial charge in [-0.05, 0) is 25.0 Å². The van der Waals surface area contributed by atoms with Crippen molar-refractivity contribution in [2.75, 3.05) is 6.54 Å². The fourth-order valence-corrected chi connectivity index (χ4v) is 4.60. The van der Waals surface area contributed by atoms with Gasteiger partial charge in [0.15, 0.2) is 0 Å². The normalized spacial score (nSPS) is 23.0. The van der Waals surface area contributed by atoms with E-state index in [0.717, 1.165) is 28.0 Å². The Labute approximate surface area is 159 Å². The van der Waals surface area contributed by atoms with Crippen molar-refractivity contribution in [3.05, 3.63) is 24.3 Å². The Bertz CT molecular complexity index is 896. The highest BCUT2D eigenvalue weighted by molar-refractivity contribution is 7.22. The first kappa shape index (κ1) is 17.6. The number of aliphatic imine (C=N–C) groups is 1. The Balaban J connectivity index is 1.41. The summed E-state index contributed by atoms with van der Waals surface area (Å²) in [5.41, 5.74) is 6.59. The number of para-hydroxylation sites is 1. The molecule has 0 bridgehead atoms. The number of benzene rings is 1. The van der Waals surface area contributed by atoms with Crippen LogP contribution in [0.5, 0.6) is 0 Å². The number of amides is 3. The van der Waals surface area contributed by atoms with E-state index >= 15 is 0 Å². The van der Waals surface area contributed by atoms with Crippen LogP contribution in [0.1, 0.15) is 25.7 Å². The van der Waals surface area contributed by atoms with Crippen molar-refractivity contribution in [1.82, 2.24) is 15.2 Å². The molecule has 1 saturated heterocycles. The van der Waals surface area contributed by atoms with Crippen LogP contribution in [0, 0.1) is 11.8 Å². The molecule has 0 unspecified atom stereocenters. The van der Waals surface area contributed by atoms with Crippen LogP contribution >= 0.6 is 11.3 Å². The second-order valence-corrected chi connectivity index (χ2v) is 7.78. The average Bonchev–Trinajstić information content (AvgIpc) is 3.16. The van der Waals surface area contributed by atoms with Crippen molar-refractivity contribution in [2.45, 2.75) is 25.7 Å². The van der Waals surface area contributed by atoms with Gasteiger partial charge in [0.1, 0.15) is 6.54 Å². The van der Waals surface area contributed by atoms with Crippen LogP contribution in [0.3, 0.4) is 0 Å². The molecule has 0 radical (unpaired) electrons. The second-order valence-electron chi connectivity index (χ2n) is 6.77. The van der Waals surface area contributed by atoms with E-state index in [4.69, 9.17) is 5.73 Å². The maximum absolute atomic E-state index is 12.4. The minimum atomic E-state index is -0.544. The Morgan fingerprint density at radius 3 is 2.56 bits per heavy atom. The number of nitrogens with two attached hydrogens (primary N) is 1. The van der Waals surface area contributed by atoms with Gasteiger partial charge in [0.2, 0.25) is 28.8 Å². The van der Waals surface area contributed by atoms with Crippen molar-refractivity contribution in [2.24, 2.45) is 22.6 Å². The number of guanidine groups is 1. The molecule has 1 aromatic carbocycles. The summed E-state index contributed by atoms with van der Waals surface area (Å²) in [5.74, 6) is -1.70. The number of carbonyl (C=O) groups excluding carboxylic acids is 3. The molecule has 1 aromatic heterocycles. The maximum Gasteiger partial charge on any atom is 0.246 e. The van der Waals surface area contributed by atoms with Gasteiger partial charge in [-0.15, -0.1) is 0 Å². The molecule has 8 nitrogen and oxygen atoms in total. The van der Waals surface area contributed by atoms with Crippen LogP contribution in [-0.4, -0.2) is 40.1 Å². The van der Waals surface area contributed by atoms with Crippen LogP contribution < -0.4 is 11.1 Å². The number of thiazole rings is 1. The van der Waals surface area contributed by atoms with E-state index in [1.54, 1.807) is 0 Å². The molecule has 1 saturated carbocycles. The lowest BCUT2D eigenvalue weighted by atomic mass is 9.81. The van der Waals surface area contributed by atoms with Crippen LogP contribution in [0.2, 0.25) is 0 Å². The first-order valence-electron chi connectivity index (χ1n) is 8.88. The smallest absolute Gasteiger partial charge is 0.246 e. The fourth-order valence-electron chi connectivity index (χ4n) is 3.75. The highest BCUT2D eigenvalue weighted by Gasteiger charge is 2.48. The number of nitrogens with one attached hydrogen (secondary N) is 1. The lowest BCUT2D eigenvalue weighted by Crippen LogP contribution is -2.45. The van der Waals surface area contributed by atoms with Crippen LogP contribution in [0.4, 0.5) is 5.13 Å². The van der Waals surface area contributed by atoms with Gasteiger partial charge in [0.25, 0.3) is 0 Å². The molecular formula is C18H19N5O3S. The van der Waals surface area contributed by atoms with Crippen molar-refractivity contribution in [1.29, 1.82) is 0 Å². The van der Waals surface area contributed by atoms with E-state index in [-0.39, 0.29) is 36.2 Å². The van der Waals surface area contributed by atoms with E-state index in [1.165, 1.54) is 11.3 Å². The molecule has 3 amide bonds. The van der Waals surface area contributed by atoms with Crippen LogP contribution in [-0.2, 0) is 14.4 Å². The number of fused-ring (bicyclic) bond motifs is 2. The first-order valence-corrected chi connectivity index (χ1v) is 9.69. The third-order valence-electron chi connectivity index (χ3n) is 5.00. The second kappa shape index (κ2) is 7.07. The monoisotopic (exact) mass is 385 g/mol. The molecule has 2 aromatic rings. The van der Waals surface area contributed by atoms with Crippen molar-refractivity contribution >= 4 is 50.4 Å². The molecule has 1 aliphatic carbocycles. The van der Waals surface area contributed by atoms with Gasteiger partial charge in [-0.3, -0.25) is 24.6 Å². The quantitative estimate of drug-likeness (QED) is 0.472. The number of likely N-dealkylation sites (tertiary alicyclic amines) is 1. The molecule has 9 heteroatoms. The highest BCUT2D eigenvalue weighted by Crippen LogP contribution is 2.37. The molecule has 4 rings (SSSR count). The summed E-state index contributed by atoms with van der Waals surface area (Å²) in [7, 11) is 0. The SMILES string of the molecule is NC(=Nc1nc2ccccc2s1)NC(=O)CN1C(=O)[C@@H]2CCCC[C@H]2C1=O. The summed E-state index contributed by atoms with van der Waals surface area (Å²) >= 11 is 1.35. The zero-order valence-electron chi connectivity index (χ0n) is 14.6. The number of rotatable bonds is 3. The summed E-state index contributed by atoms with van der Waals surface area (Å²) in [5, 5.41) is 2.86. The zero-order chi connectivity index (χ0) is 19.0. The molecule has 3 N–H and O–H groups in total. The van der Waals surface area contributed by atoms with E-state index in [0.29, 0.717) is 18.0 Å². The molecule has 1 aliphatic heterocycles. The van der Waals surface area contributed by atoms with Gasteiger partial charge in [-0.2, -0.15) is 4.99 Å². The molecule has 2 heterocycles. The summed E-state index contributed by atoms with van der Waals surface area (Å²) in [4.78, 5) is 46.5. The van der Waals surface area contributed by atoms with E-state index in [9.17, 15) is 14.4 Å². The molecule has 140 valence electrons. The fraction of sp³-hybridized carbons (Fsp3) is 0.389. The molecule has 27 heavy (non-hydrogen) atoms. The first-order chi connectivity index (χ1) is 13.0. The highest BCUT2D eigenvalue weighted by atomic mass is 32.1. The molecule has 2 aliphatic rings. The van der Waals surface area contributed by atoms with Crippen molar-refractivity contribution < 1.29 is 14.4 Å². The number of carbonyl (C=O) groups is 3. The summed E-state index contributed by atoms with van der Waals surface area (Å²) in [6.07, 6.45) is 3.33.